The second-order valence-electron chi connectivity index (χ2n) is 5.40. The number of nitrogens with zero attached hydrogens (tertiary/aromatic N) is 3. The molecule has 5 heteroatoms. The van der Waals surface area contributed by atoms with Gasteiger partial charge in [-0.05, 0) is 42.8 Å². The number of phenols is 1. The van der Waals surface area contributed by atoms with E-state index in [1.807, 2.05) is 31.2 Å². The summed E-state index contributed by atoms with van der Waals surface area (Å²) in [7, 11) is 0. The van der Waals surface area contributed by atoms with Crippen molar-refractivity contribution in [3.8, 4) is 5.75 Å². The second-order valence-corrected chi connectivity index (χ2v) is 5.40. The summed E-state index contributed by atoms with van der Waals surface area (Å²) in [4.78, 5) is 14.2. The lowest BCUT2D eigenvalue weighted by Gasteiger charge is -2.13. The highest BCUT2D eigenvalue weighted by molar-refractivity contribution is 6.54. The Morgan fingerprint density at radius 3 is 2.62 bits per heavy atom. The van der Waals surface area contributed by atoms with E-state index in [9.17, 15) is 9.90 Å². The van der Waals surface area contributed by atoms with Crippen molar-refractivity contribution in [2.75, 3.05) is 11.4 Å². The van der Waals surface area contributed by atoms with E-state index in [1.165, 1.54) is 0 Å². The van der Waals surface area contributed by atoms with Gasteiger partial charge in [0, 0.05) is 12.1 Å². The van der Waals surface area contributed by atoms with Crippen LogP contribution in [0, 0.1) is 0 Å². The zero-order valence-electron chi connectivity index (χ0n) is 13.3. The first-order valence-electron chi connectivity index (χ1n) is 7.55. The van der Waals surface area contributed by atoms with E-state index in [4.69, 9.17) is 0 Å². The summed E-state index contributed by atoms with van der Waals surface area (Å²) >= 11 is 0. The van der Waals surface area contributed by atoms with Crippen molar-refractivity contribution in [3.05, 3.63) is 72.3 Å². The minimum Gasteiger partial charge on any atom is -0.508 e. The molecule has 120 valence electrons. The van der Waals surface area contributed by atoms with Crippen LogP contribution in [0.3, 0.4) is 0 Å². The molecule has 24 heavy (non-hydrogen) atoms. The largest absolute Gasteiger partial charge is 0.508 e. The summed E-state index contributed by atoms with van der Waals surface area (Å²) in [5.41, 5.74) is 3.41. The van der Waals surface area contributed by atoms with Crippen LogP contribution in [-0.4, -0.2) is 29.0 Å². The predicted molar refractivity (Wildman–Crippen MR) is 95.8 cm³/mol. The fourth-order valence-corrected chi connectivity index (χ4v) is 2.55. The highest BCUT2D eigenvalue weighted by Gasteiger charge is 2.33. The van der Waals surface area contributed by atoms with E-state index in [1.54, 1.807) is 35.2 Å². The first-order valence-corrected chi connectivity index (χ1v) is 7.55. The molecule has 0 spiro atoms. The Balaban J connectivity index is 1.97. The minimum absolute atomic E-state index is 0.182. The van der Waals surface area contributed by atoms with Crippen LogP contribution in [0.5, 0.6) is 5.75 Å². The SMILES string of the molecule is C=CCN1C(=O)/C(=N\N=C(/C)c2ccc(O)cc2)c2ccccc21. The number of amides is 1. The summed E-state index contributed by atoms with van der Waals surface area (Å²) in [5.74, 6) is 0.0104. The molecule has 2 aromatic rings. The summed E-state index contributed by atoms with van der Waals surface area (Å²) in [6.45, 7) is 5.93. The number of hydrogen-bond acceptors (Lipinski definition) is 4. The maximum atomic E-state index is 12.6. The minimum atomic E-state index is -0.182. The smallest absolute Gasteiger partial charge is 0.279 e. The molecule has 0 saturated heterocycles. The zero-order valence-corrected chi connectivity index (χ0v) is 13.3. The molecule has 1 amide bonds. The van der Waals surface area contributed by atoms with Crippen LogP contribution in [0.25, 0.3) is 0 Å². The lowest BCUT2D eigenvalue weighted by atomic mass is 10.1. The van der Waals surface area contributed by atoms with Gasteiger partial charge < -0.3 is 10.0 Å². The van der Waals surface area contributed by atoms with Crippen molar-refractivity contribution < 1.29 is 9.90 Å². The number of hydrogen-bond donors (Lipinski definition) is 1. The maximum Gasteiger partial charge on any atom is 0.279 e. The summed E-state index contributed by atoms with van der Waals surface area (Å²) in [6.07, 6.45) is 1.68. The quantitative estimate of drug-likeness (QED) is 0.534. The van der Waals surface area contributed by atoms with Crippen LogP contribution in [0.4, 0.5) is 5.69 Å². The van der Waals surface area contributed by atoms with Gasteiger partial charge in [0.05, 0.1) is 11.4 Å². The third-order valence-electron chi connectivity index (χ3n) is 3.79. The van der Waals surface area contributed by atoms with E-state index < -0.39 is 0 Å². The Bertz CT molecular complexity index is 851. The standard InChI is InChI=1S/C19H17N3O2/c1-3-12-22-17-7-5-4-6-16(17)18(19(22)24)21-20-13(2)14-8-10-15(23)11-9-14/h3-11,23H,1,12H2,2H3/b20-13+,21-18-. The van der Waals surface area contributed by atoms with Gasteiger partial charge in [0.25, 0.3) is 5.91 Å². The molecule has 0 atom stereocenters. The van der Waals surface area contributed by atoms with Crippen LogP contribution in [0.1, 0.15) is 18.1 Å². The average Bonchev–Trinajstić information content (AvgIpc) is 2.86. The second kappa shape index (κ2) is 6.50. The number of benzene rings is 2. The van der Waals surface area contributed by atoms with Crippen molar-refractivity contribution in [1.29, 1.82) is 0 Å². The van der Waals surface area contributed by atoms with Gasteiger partial charge in [0.1, 0.15) is 5.75 Å². The van der Waals surface area contributed by atoms with Crippen molar-refractivity contribution in [1.82, 2.24) is 0 Å². The molecule has 0 bridgehead atoms. The van der Waals surface area contributed by atoms with E-state index in [0.29, 0.717) is 18.0 Å². The fourth-order valence-electron chi connectivity index (χ4n) is 2.55. The number of anilines is 1. The predicted octanol–water partition coefficient (Wildman–Crippen LogP) is 3.14. The molecular formula is C19H17N3O2. The number of carbonyl (C=O) groups excluding carboxylic acids is 1. The highest BCUT2D eigenvalue weighted by atomic mass is 16.3. The maximum absolute atomic E-state index is 12.6. The lowest BCUT2D eigenvalue weighted by Crippen LogP contribution is -2.30. The molecule has 0 radical (unpaired) electrons. The summed E-state index contributed by atoms with van der Waals surface area (Å²) in [5, 5.41) is 17.7. The molecule has 0 aliphatic carbocycles. The average molecular weight is 319 g/mol. The molecule has 5 nitrogen and oxygen atoms in total. The number of carbonyl (C=O) groups is 1. The molecule has 1 aliphatic rings. The third-order valence-corrected chi connectivity index (χ3v) is 3.79. The lowest BCUT2D eigenvalue weighted by molar-refractivity contribution is -0.112. The Morgan fingerprint density at radius 1 is 1.21 bits per heavy atom. The van der Waals surface area contributed by atoms with Crippen LogP contribution in [-0.2, 0) is 4.79 Å². The monoisotopic (exact) mass is 319 g/mol. The van der Waals surface area contributed by atoms with E-state index in [0.717, 1.165) is 16.8 Å². The number of phenolic OH excluding ortho intramolecular Hbond substituents is 1. The van der Waals surface area contributed by atoms with Gasteiger partial charge in [-0.2, -0.15) is 5.10 Å². The van der Waals surface area contributed by atoms with Crippen LogP contribution in [0.2, 0.25) is 0 Å². The Morgan fingerprint density at radius 2 is 1.92 bits per heavy atom. The first-order chi connectivity index (χ1) is 11.6. The van der Waals surface area contributed by atoms with E-state index >= 15 is 0 Å². The molecule has 2 aromatic carbocycles. The van der Waals surface area contributed by atoms with Gasteiger partial charge in [0.15, 0.2) is 5.71 Å². The number of para-hydroxylation sites is 1. The van der Waals surface area contributed by atoms with Gasteiger partial charge in [0.2, 0.25) is 0 Å². The molecule has 0 saturated carbocycles. The Labute approximate surface area is 140 Å². The molecule has 3 rings (SSSR count). The van der Waals surface area contributed by atoms with Crippen molar-refractivity contribution in [2.45, 2.75) is 6.92 Å². The first kappa shape index (κ1) is 15.7. The zero-order chi connectivity index (χ0) is 17.1. The van der Waals surface area contributed by atoms with E-state index in [-0.39, 0.29) is 11.7 Å². The van der Waals surface area contributed by atoms with Gasteiger partial charge in [-0.3, -0.25) is 4.79 Å². The van der Waals surface area contributed by atoms with Gasteiger partial charge >= 0.3 is 0 Å². The summed E-state index contributed by atoms with van der Waals surface area (Å²) < 4.78 is 0. The van der Waals surface area contributed by atoms with Crippen LogP contribution < -0.4 is 4.90 Å². The van der Waals surface area contributed by atoms with Gasteiger partial charge in [-0.25, -0.2) is 0 Å². The third kappa shape index (κ3) is 2.84. The molecule has 1 aliphatic heterocycles. The number of aromatic hydroxyl groups is 1. The van der Waals surface area contributed by atoms with E-state index in [2.05, 4.69) is 16.8 Å². The fraction of sp³-hybridized carbons (Fsp3) is 0.105. The van der Waals surface area contributed by atoms with Crippen molar-refractivity contribution in [2.24, 2.45) is 10.2 Å². The normalized spacial score (nSPS) is 15.7. The molecule has 1 N–H and O–H groups in total. The molecule has 0 aromatic heterocycles. The van der Waals surface area contributed by atoms with Crippen molar-refractivity contribution in [3.63, 3.8) is 0 Å². The van der Waals surface area contributed by atoms with Crippen molar-refractivity contribution >= 4 is 23.0 Å². The van der Waals surface area contributed by atoms with Crippen LogP contribution in [0.15, 0.2) is 71.4 Å². The van der Waals surface area contributed by atoms with Crippen LogP contribution >= 0.6 is 0 Å². The summed E-state index contributed by atoms with van der Waals surface area (Å²) in [6, 6.07) is 14.2. The molecule has 1 heterocycles. The number of fused-ring (bicyclic) bond motifs is 1. The molecule has 0 unspecified atom stereocenters. The number of rotatable bonds is 4. The molecule has 0 fully saturated rings. The Hall–Kier alpha value is -3.21. The molecular weight excluding hydrogens is 302 g/mol. The van der Waals surface area contributed by atoms with Gasteiger partial charge in [-0.15, -0.1) is 11.7 Å². The highest BCUT2D eigenvalue weighted by Crippen LogP contribution is 2.29. The Kier molecular flexibility index (Phi) is 4.24. The van der Waals surface area contributed by atoms with Gasteiger partial charge in [-0.1, -0.05) is 24.3 Å². The topological polar surface area (TPSA) is 65.3 Å².